The van der Waals surface area contributed by atoms with E-state index in [4.69, 9.17) is 4.74 Å². The van der Waals surface area contributed by atoms with Crippen molar-refractivity contribution < 1.29 is 4.74 Å². The molecule has 0 aromatic carbocycles. The third kappa shape index (κ3) is 1.67. The summed E-state index contributed by atoms with van der Waals surface area (Å²) < 4.78 is 5.51. The molecule has 3 rings (SSSR count). The normalized spacial score (nSPS) is 17.8. The second kappa shape index (κ2) is 3.81. The van der Waals surface area contributed by atoms with Crippen LogP contribution in [0.4, 0.5) is 0 Å². The van der Waals surface area contributed by atoms with Gasteiger partial charge >= 0.3 is 5.69 Å². The van der Waals surface area contributed by atoms with Gasteiger partial charge in [0.1, 0.15) is 11.3 Å². The number of ether oxygens (including phenoxy) is 1. The van der Waals surface area contributed by atoms with E-state index in [-0.39, 0.29) is 5.60 Å². The fraction of sp³-hybridized carbons (Fsp3) is 0.545. The maximum atomic E-state index is 11.6. The molecule has 2 aromatic rings. The second-order valence-electron chi connectivity index (χ2n) is 4.73. The largest absolute Gasteiger partial charge is 0.378 e. The zero-order valence-electron chi connectivity index (χ0n) is 10.0. The molecular weight excluding hydrogens is 236 g/mol. The van der Waals surface area contributed by atoms with E-state index in [1.807, 2.05) is 0 Å². The summed E-state index contributed by atoms with van der Waals surface area (Å²) in [4.78, 5) is 34.5. The topological polar surface area (TPSA) is 104 Å². The zero-order valence-corrected chi connectivity index (χ0v) is 10.0. The zero-order chi connectivity index (χ0) is 12.8. The fourth-order valence-corrected chi connectivity index (χ4v) is 2.39. The van der Waals surface area contributed by atoms with Crippen molar-refractivity contribution in [2.45, 2.75) is 31.3 Å². The number of imidazole rings is 1. The molecule has 96 valence electrons. The van der Waals surface area contributed by atoms with Crippen molar-refractivity contribution in [1.29, 1.82) is 0 Å². The van der Waals surface area contributed by atoms with E-state index in [0.717, 1.165) is 19.3 Å². The molecule has 1 aliphatic rings. The van der Waals surface area contributed by atoms with Gasteiger partial charge in [0.2, 0.25) is 0 Å². The Kier molecular flexibility index (Phi) is 2.37. The summed E-state index contributed by atoms with van der Waals surface area (Å²) >= 11 is 0. The first-order valence-electron chi connectivity index (χ1n) is 5.88. The van der Waals surface area contributed by atoms with Crippen LogP contribution in [0.3, 0.4) is 0 Å². The number of nitrogens with zero attached hydrogens (tertiary/aromatic N) is 1. The third-order valence-electron chi connectivity index (χ3n) is 3.63. The maximum absolute atomic E-state index is 11.6. The number of fused-ring (bicyclic) bond motifs is 1. The summed E-state index contributed by atoms with van der Waals surface area (Å²) in [6.45, 7) is 0. The van der Waals surface area contributed by atoms with Crippen LogP contribution < -0.4 is 11.2 Å². The molecule has 1 fully saturated rings. The van der Waals surface area contributed by atoms with Crippen molar-refractivity contribution >= 4 is 11.2 Å². The molecule has 0 bridgehead atoms. The van der Waals surface area contributed by atoms with Gasteiger partial charge in [0.05, 0.1) is 5.60 Å². The highest BCUT2D eigenvalue weighted by molar-refractivity contribution is 5.68. The minimum absolute atomic E-state index is 0.166. The highest BCUT2D eigenvalue weighted by Crippen LogP contribution is 2.37. The minimum Gasteiger partial charge on any atom is -0.378 e. The smallest absolute Gasteiger partial charge is 0.327 e. The van der Waals surface area contributed by atoms with Gasteiger partial charge in [-0.1, -0.05) is 0 Å². The lowest BCUT2D eigenvalue weighted by molar-refractivity contribution is -0.0719. The van der Waals surface area contributed by atoms with Crippen molar-refractivity contribution in [1.82, 2.24) is 19.9 Å². The number of rotatable bonds is 3. The Morgan fingerprint density at radius 2 is 2.06 bits per heavy atom. The third-order valence-corrected chi connectivity index (χ3v) is 3.63. The van der Waals surface area contributed by atoms with Gasteiger partial charge in [-0.05, 0) is 19.3 Å². The predicted molar refractivity (Wildman–Crippen MR) is 64.6 cm³/mol. The molecule has 0 atom stereocenters. The van der Waals surface area contributed by atoms with Crippen molar-refractivity contribution in [3.63, 3.8) is 0 Å². The number of methoxy groups -OCH3 is 1. The number of aromatic nitrogens is 4. The molecule has 1 saturated carbocycles. The van der Waals surface area contributed by atoms with E-state index in [1.165, 1.54) is 0 Å². The van der Waals surface area contributed by atoms with Crippen LogP contribution >= 0.6 is 0 Å². The molecule has 0 saturated heterocycles. The second-order valence-corrected chi connectivity index (χ2v) is 4.73. The lowest BCUT2D eigenvalue weighted by atomic mass is 9.77. The lowest BCUT2D eigenvalue weighted by Gasteiger charge is -2.39. The Labute approximate surface area is 102 Å². The van der Waals surface area contributed by atoms with Crippen LogP contribution in [0.25, 0.3) is 11.2 Å². The molecule has 0 spiro atoms. The van der Waals surface area contributed by atoms with Gasteiger partial charge in [-0.3, -0.25) is 14.8 Å². The van der Waals surface area contributed by atoms with Crippen LogP contribution in [0.1, 0.15) is 25.1 Å². The molecule has 0 unspecified atom stereocenters. The lowest BCUT2D eigenvalue weighted by Crippen LogP contribution is -2.41. The Hall–Kier alpha value is -1.89. The first kappa shape index (κ1) is 11.2. The monoisotopic (exact) mass is 250 g/mol. The van der Waals surface area contributed by atoms with E-state index < -0.39 is 11.2 Å². The molecule has 0 amide bonds. The summed E-state index contributed by atoms with van der Waals surface area (Å²) in [7, 11) is 1.69. The van der Waals surface area contributed by atoms with Gasteiger partial charge in [-0.2, -0.15) is 0 Å². The molecule has 2 heterocycles. The Morgan fingerprint density at radius 1 is 1.28 bits per heavy atom. The molecule has 0 aliphatic heterocycles. The van der Waals surface area contributed by atoms with E-state index in [2.05, 4.69) is 19.9 Å². The molecule has 0 radical (unpaired) electrons. The number of hydrogen-bond donors (Lipinski definition) is 3. The van der Waals surface area contributed by atoms with Crippen LogP contribution in [0.5, 0.6) is 0 Å². The highest BCUT2D eigenvalue weighted by atomic mass is 16.5. The first-order chi connectivity index (χ1) is 8.62. The molecule has 7 heteroatoms. The van der Waals surface area contributed by atoms with Gasteiger partial charge < -0.3 is 9.72 Å². The number of nitrogens with one attached hydrogen (secondary N) is 3. The van der Waals surface area contributed by atoms with Gasteiger partial charge in [0, 0.05) is 13.5 Å². The average molecular weight is 250 g/mol. The number of H-pyrrole nitrogens is 3. The SMILES string of the molecule is COC1(Cc2nc3[nH]c(=O)[nH]c(=O)c3[nH]2)CCC1. The molecular formula is C11H14N4O3. The Bertz CT molecular complexity index is 687. The van der Waals surface area contributed by atoms with Crippen LogP contribution in [0, 0.1) is 0 Å². The quantitative estimate of drug-likeness (QED) is 0.716. The van der Waals surface area contributed by atoms with Crippen LogP contribution in [-0.2, 0) is 11.2 Å². The molecule has 1 aliphatic carbocycles. The highest BCUT2D eigenvalue weighted by Gasteiger charge is 2.38. The maximum Gasteiger partial charge on any atom is 0.327 e. The summed E-state index contributed by atoms with van der Waals surface area (Å²) in [5.41, 5.74) is -0.566. The van der Waals surface area contributed by atoms with Crippen molar-refractivity contribution in [2.24, 2.45) is 0 Å². The van der Waals surface area contributed by atoms with Gasteiger partial charge in [-0.25, -0.2) is 9.78 Å². The molecule has 7 nitrogen and oxygen atoms in total. The van der Waals surface area contributed by atoms with Crippen molar-refractivity contribution in [3.8, 4) is 0 Å². The standard InChI is InChI=1S/C11H14N4O3/c1-18-11(3-2-4-11)5-6-12-7-8(13-6)14-10(17)15-9(7)16/h2-5H2,1H3,(H3,12,13,14,15,16,17). The minimum atomic E-state index is -0.546. The van der Waals surface area contributed by atoms with Crippen molar-refractivity contribution in [2.75, 3.05) is 7.11 Å². The molecule has 3 N–H and O–H groups in total. The molecule has 2 aromatic heterocycles. The van der Waals surface area contributed by atoms with Crippen LogP contribution in [-0.4, -0.2) is 32.6 Å². The van der Waals surface area contributed by atoms with E-state index in [9.17, 15) is 9.59 Å². The summed E-state index contributed by atoms with van der Waals surface area (Å²) in [6, 6.07) is 0. The van der Waals surface area contributed by atoms with Crippen LogP contribution in [0.2, 0.25) is 0 Å². The fourth-order valence-electron chi connectivity index (χ4n) is 2.39. The Morgan fingerprint density at radius 3 is 2.67 bits per heavy atom. The average Bonchev–Trinajstić information content (AvgIpc) is 2.66. The van der Waals surface area contributed by atoms with Crippen molar-refractivity contribution in [3.05, 3.63) is 26.7 Å². The van der Waals surface area contributed by atoms with Gasteiger partial charge in [0.25, 0.3) is 5.56 Å². The number of aromatic amines is 3. The summed E-state index contributed by atoms with van der Waals surface area (Å²) in [5, 5.41) is 0. The molecule has 18 heavy (non-hydrogen) atoms. The van der Waals surface area contributed by atoms with Gasteiger partial charge in [0.15, 0.2) is 5.65 Å². The van der Waals surface area contributed by atoms with E-state index >= 15 is 0 Å². The van der Waals surface area contributed by atoms with Crippen LogP contribution in [0.15, 0.2) is 9.59 Å². The van der Waals surface area contributed by atoms with E-state index in [1.54, 1.807) is 7.11 Å². The first-order valence-corrected chi connectivity index (χ1v) is 5.88. The number of hydrogen-bond acceptors (Lipinski definition) is 4. The van der Waals surface area contributed by atoms with Gasteiger partial charge in [-0.15, -0.1) is 0 Å². The predicted octanol–water partition coefficient (Wildman–Crippen LogP) is 0.0511. The summed E-state index contributed by atoms with van der Waals surface area (Å²) in [5.74, 6) is 0.666. The van der Waals surface area contributed by atoms with E-state index in [0.29, 0.717) is 23.4 Å². The summed E-state index contributed by atoms with van der Waals surface area (Å²) in [6.07, 6.45) is 3.76. The Balaban J connectivity index is 2.01.